The van der Waals surface area contributed by atoms with Crippen molar-refractivity contribution >= 4 is 26.6 Å². The van der Waals surface area contributed by atoms with Crippen LogP contribution in [0.3, 0.4) is 0 Å². The van der Waals surface area contributed by atoms with Gasteiger partial charge in [-0.15, -0.1) is 5.69 Å². The van der Waals surface area contributed by atoms with E-state index < -0.39 is 10.1 Å². The second-order valence-corrected chi connectivity index (χ2v) is 5.63. The van der Waals surface area contributed by atoms with Gasteiger partial charge in [0, 0.05) is 5.39 Å². The Morgan fingerprint density at radius 1 is 1.16 bits per heavy atom. The maximum Gasteiger partial charge on any atom is 3.00 e. The van der Waals surface area contributed by atoms with Crippen LogP contribution >= 0.6 is 0 Å². The van der Waals surface area contributed by atoms with Gasteiger partial charge < -0.3 is 10.8 Å². The Bertz CT molecular complexity index is 756. The van der Waals surface area contributed by atoms with E-state index in [1.807, 2.05) is 0 Å². The van der Waals surface area contributed by atoms with Crippen LogP contribution in [0.2, 0.25) is 0 Å². The van der Waals surface area contributed by atoms with Crippen molar-refractivity contribution in [2.75, 3.05) is 0 Å². The van der Waals surface area contributed by atoms with Crippen molar-refractivity contribution in [3.05, 3.63) is 35.1 Å². The fraction of sp³-hybridized carbons (Fsp3) is 0.167. The van der Waals surface area contributed by atoms with Crippen LogP contribution in [-0.4, -0.2) is 18.1 Å². The average Bonchev–Trinajstić information content (AvgIpc) is 2.23. The topological polar surface area (TPSA) is 98.4 Å². The van der Waals surface area contributed by atoms with E-state index in [1.165, 1.54) is 6.07 Å². The molecule has 0 fully saturated rings. The molecule has 0 aliphatic heterocycles. The minimum atomic E-state index is -4.35. The molecular formula is C12H12NO4SY+2. The molecule has 0 radical (unpaired) electrons. The quantitative estimate of drug-likeness (QED) is 0.768. The maximum absolute atomic E-state index is 11.1. The number of nitrogens with one attached hydrogen (secondary N) is 1. The Balaban J connectivity index is 0.00000180. The minimum Gasteiger partial charge on any atom is -0.698 e. The smallest absolute Gasteiger partial charge is 0.698 e. The van der Waals surface area contributed by atoms with E-state index in [-0.39, 0.29) is 54.4 Å². The molecule has 5 nitrogen and oxygen atoms in total. The molecule has 0 amide bonds. The van der Waals surface area contributed by atoms with E-state index in [9.17, 15) is 13.5 Å². The number of phenols is 1. The van der Waals surface area contributed by atoms with Gasteiger partial charge in [0.1, 0.15) is 5.75 Å². The Morgan fingerprint density at radius 3 is 2.26 bits per heavy atom. The summed E-state index contributed by atoms with van der Waals surface area (Å²) in [7, 11) is -4.35. The van der Waals surface area contributed by atoms with E-state index >= 15 is 0 Å². The summed E-state index contributed by atoms with van der Waals surface area (Å²) in [4.78, 5) is -0.345. The third kappa shape index (κ3) is 2.92. The monoisotopic (exact) mass is 355 g/mol. The van der Waals surface area contributed by atoms with Crippen LogP contribution in [0, 0.1) is 13.8 Å². The fourth-order valence-electron chi connectivity index (χ4n) is 1.88. The predicted molar refractivity (Wildman–Crippen MR) is 68.9 cm³/mol. The first kappa shape index (κ1) is 16.4. The molecule has 0 atom stereocenters. The summed E-state index contributed by atoms with van der Waals surface area (Å²) >= 11 is 0. The van der Waals surface area contributed by atoms with Gasteiger partial charge in [-0.2, -0.15) is 8.42 Å². The summed E-state index contributed by atoms with van der Waals surface area (Å²) in [6, 6.07) is 3.94. The summed E-state index contributed by atoms with van der Waals surface area (Å²) in [6.45, 7) is 3.50. The van der Waals surface area contributed by atoms with E-state index in [4.69, 9.17) is 10.3 Å². The van der Waals surface area contributed by atoms with E-state index in [1.54, 1.807) is 19.9 Å². The molecule has 0 aliphatic rings. The summed E-state index contributed by atoms with van der Waals surface area (Å²) < 4.78 is 31.1. The van der Waals surface area contributed by atoms with Crippen molar-refractivity contribution in [2.45, 2.75) is 18.7 Å². The van der Waals surface area contributed by atoms with Crippen molar-refractivity contribution in [1.82, 2.24) is 0 Å². The van der Waals surface area contributed by atoms with Crippen LogP contribution in [0.25, 0.3) is 16.5 Å². The minimum absolute atomic E-state index is 0. The summed E-state index contributed by atoms with van der Waals surface area (Å²) in [5, 5.41) is 10.7. The molecule has 2 aromatic carbocycles. The average molecular weight is 355 g/mol. The van der Waals surface area contributed by atoms with E-state index in [0.29, 0.717) is 10.9 Å². The molecule has 7 heteroatoms. The molecule has 0 aromatic heterocycles. The van der Waals surface area contributed by atoms with Gasteiger partial charge in [0.15, 0.2) is 0 Å². The molecule has 2 aromatic rings. The Labute approximate surface area is 136 Å². The van der Waals surface area contributed by atoms with Crippen molar-refractivity contribution in [2.24, 2.45) is 0 Å². The van der Waals surface area contributed by atoms with Crippen molar-refractivity contribution in [3.63, 3.8) is 0 Å². The van der Waals surface area contributed by atoms with Crippen LogP contribution in [-0.2, 0) is 42.8 Å². The van der Waals surface area contributed by atoms with Crippen molar-refractivity contribution in [1.29, 1.82) is 0 Å². The first-order valence-electron chi connectivity index (χ1n) is 5.18. The van der Waals surface area contributed by atoms with Gasteiger partial charge in [-0.3, -0.25) is 4.55 Å². The van der Waals surface area contributed by atoms with Crippen LogP contribution < -0.4 is 0 Å². The number of rotatable bonds is 1. The molecule has 0 unspecified atom stereocenters. The van der Waals surface area contributed by atoms with Gasteiger partial charge in [0.25, 0.3) is 10.1 Å². The second-order valence-electron chi connectivity index (χ2n) is 4.21. The van der Waals surface area contributed by atoms with Gasteiger partial charge in [0.2, 0.25) is 0 Å². The van der Waals surface area contributed by atoms with Crippen LogP contribution in [0.15, 0.2) is 23.1 Å². The molecule has 2 rings (SSSR count). The first-order chi connectivity index (χ1) is 8.21. The Hall–Kier alpha value is -0.686. The number of benzene rings is 2. The van der Waals surface area contributed by atoms with Gasteiger partial charge in [-0.05, 0) is 36.4 Å². The SMILES string of the molecule is Cc1cc2cc(S(=O)(=O)O)cc([NH-])c2c(O)c1C.[Y+3]. The van der Waals surface area contributed by atoms with Crippen LogP contribution in [0.5, 0.6) is 5.75 Å². The molecule has 0 saturated carbocycles. The summed E-state index contributed by atoms with van der Waals surface area (Å²) in [5.74, 6) is -0.0307. The largest absolute Gasteiger partial charge is 3.00 e. The Morgan fingerprint density at radius 2 is 1.74 bits per heavy atom. The van der Waals surface area contributed by atoms with E-state index in [0.717, 1.165) is 11.6 Å². The standard InChI is InChI=1S/C12H12NO4S.Y/c1-6-3-8-4-9(18(15,16)17)5-10(13)11(8)12(14)7(6)2;/h3-5,13-14H,1-2H3,(H,15,16,17);/q-1;+3. The third-order valence-corrected chi connectivity index (χ3v) is 3.83. The third-order valence-electron chi connectivity index (χ3n) is 3.00. The van der Waals surface area contributed by atoms with Gasteiger partial charge in [-0.1, -0.05) is 12.1 Å². The summed E-state index contributed by atoms with van der Waals surface area (Å²) in [6.07, 6.45) is 0. The molecule has 19 heavy (non-hydrogen) atoms. The second kappa shape index (κ2) is 5.36. The van der Waals surface area contributed by atoms with Gasteiger partial charge >= 0.3 is 32.7 Å². The Kier molecular flexibility index (Phi) is 4.62. The molecule has 0 heterocycles. The normalized spacial score (nSPS) is 11.3. The van der Waals surface area contributed by atoms with Crippen molar-refractivity contribution in [3.8, 4) is 5.75 Å². The zero-order valence-electron chi connectivity index (χ0n) is 10.4. The zero-order chi connectivity index (χ0) is 13.7. The number of aryl methyl sites for hydroxylation is 1. The number of hydrogen-bond donors (Lipinski definition) is 2. The summed E-state index contributed by atoms with van der Waals surface area (Å²) in [5.41, 5.74) is 9.05. The zero-order valence-corrected chi connectivity index (χ0v) is 14.1. The number of phenolic OH excluding ortho intramolecular Hbond substituents is 1. The van der Waals surface area contributed by atoms with Crippen LogP contribution in [0.1, 0.15) is 11.1 Å². The number of aromatic hydroxyl groups is 1. The molecule has 96 valence electrons. The molecule has 0 saturated heterocycles. The van der Waals surface area contributed by atoms with Crippen LogP contribution in [0.4, 0.5) is 5.69 Å². The predicted octanol–water partition coefficient (Wildman–Crippen LogP) is 3.09. The van der Waals surface area contributed by atoms with Gasteiger partial charge in [0.05, 0.1) is 4.90 Å². The molecule has 0 spiro atoms. The van der Waals surface area contributed by atoms with Crippen molar-refractivity contribution < 1.29 is 50.8 Å². The maximum atomic E-state index is 11.1. The molecule has 0 aliphatic carbocycles. The van der Waals surface area contributed by atoms with Gasteiger partial charge in [-0.25, -0.2) is 0 Å². The fourth-order valence-corrected chi connectivity index (χ4v) is 2.42. The number of fused-ring (bicyclic) bond motifs is 1. The molecule has 3 N–H and O–H groups in total. The molecular weight excluding hydrogens is 343 g/mol. The van der Waals surface area contributed by atoms with E-state index in [2.05, 4.69) is 0 Å². The number of hydrogen-bond acceptors (Lipinski definition) is 3. The molecule has 0 bridgehead atoms. The first-order valence-corrected chi connectivity index (χ1v) is 6.62.